The number of nitrogens with zero attached hydrogens (tertiary/aromatic N) is 4. The third kappa shape index (κ3) is 3.10. The number of hydrogen-bond donors (Lipinski definition) is 0. The van der Waals surface area contributed by atoms with Gasteiger partial charge in [-0.1, -0.05) is 18.2 Å². The Morgan fingerprint density at radius 2 is 1.97 bits per heavy atom. The van der Waals surface area contributed by atoms with E-state index in [1.807, 2.05) is 52.0 Å². The fourth-order valence-electron chi connectivity index (χ4n) is 4.06. The van der Waals surface area contributed by atoms with Gasteiger partial charge in [-0.05, 0) is 67.3 Å². The Hall–Kier alpha value is -3.41. The van der Waals surface area contributed by atoms with Crippen LogP contribution in [0.5, 0.6) is 0 Å². The molecule has 1 amide bonds. The molecule has 4 aromatic rings. The van der Waals surface area contributed by atoms with Gasteiger partial charge < -0.3 is 9.30 Å². The predicted molar refractivity (Wildman–Crippen MR) is 110 cm³/mol. The molecular formula is C23H21FN4O. The van der Waals surface area contributed by atoms with Crippen LogP contribution in [-0.4, -0.2) is 37.6 Å². The van der Waals surface area contributed by atoms with Crippen molar-refractivity contribution in [3.05, 3.63) is 78.5 Å². The van der Waals surface area contributed by atoms with Gasteiger partial charge in [0.2, 0.25) is 0 Å². The lowest BCUT2D eigenvalue weighted by Crippen LogP contribution is -2.33. The summed E-state index contributed by atoms with van der Waals surface area (Å²) in [7, 11) is 0. The Labute approximate surface area is 168 Å². The molecule has 1 fully saturated rings. The van der Waals surface area contributed by atoms with E-state index in [1.54, 1.807) is 16.8 Å². The number of aromatic nitrogens is 3. The normalized spacial score (nSPS) is 16.6. The Morgan fingerprint density at radius 1 is 1.10 bits per heavy atom. The second-order valence-corrected chi connectivity index (χ2v) is 7.55. The molecule has 1 aliphatic heterocycles. The lowest BCUT2D eigenvalue weighted by Gasteiger charge is -2.19. The average molecular weight is 388 g/mol. The van der Waals surface area contributed by atoms with Crippen LogP contribution >= 0.6 is 0 Å². The molecule has 1 aromatic carbocycles. The van der Waals surface area contributed by atoms with Gasteiger partial charge in [0.15, 0.2) is 5.69 Å². The van der Waals surface area contributed by atoms with Crippen molar-refractivity contribution >= 4 is 11.4 Å². The number of carbonyl (C=O) groups excluding carboxylic acids is 1. The van der Waals surface area contributed by atoms with E-state index in [4.69, 9.17) is 0 Å². The number of benzene rings is 1. The minimum atomic E-state index is -0.262. The zero-order valence-corrected chi connectivity index (χ0v) is 16.1. The molecule has 0 saturated carbocycles. The highest BCUT2D eigenvalue weighted by Gasteiger charge is 2.27. The van der Waals surface area contributed by atoms with Crippen LogP contribution < -0.4 is 0 Å². The number of pyridine rings is 1. The van der Waals surface area contributed by atoms with Gasteiger partial charge in [-0.2, -0.15) is 5.10 Å². The quantitative estimate of drug-likeness (QED) is 0.517. The summed E-state index contributed by atoms with van der Waals surface area (Å²) in [4.78, 5) is 14.7. The van der Waals surface area contributed by atoms with Gasteiger partial charge in [-0.3, -0.25) is 4.79 Å². The van der Waals surface area contributed by atoms with Crippen LogP contribution in [0, 0.1) is 5.82 Å². The first-order valence-corrected chi connectivity index (χ1v) is 9.84. The number of fused-ring (bicyclic) bond motifs is 1. The van der Waals surface area contributed by atoms with Gasteiger partial charge in [0, 0.05) is 30.5 Å². The van der Waals surface area contributed by atoms with Gasteiger partial charge in [0.1, 0.15) is 11.6 Å². The van der Waals surface area contributed by atoms with E-state index < -0.39 is 0 Å². The third-order valence-electron chi connectivity index (χ3n) is 5.64. The van der Waals surface area contributed by atoms with E-state index in [0.29, 0.717) is 5.69 Å². The molecule has 4 heterocycles. The molecule has 0 unspecified atom stereocenters. The lowest BCUT2D eigenvalue weighted by atomic mass is 10.1. The maximum absolute atomic E-state index is 13.6. The van der Waals surface area contributed by atoms with Crippen LogP contribution in [0.2, 0.25) is 0 Å². The van der Waals surface area contributed by atoms with E-state index in [-0.39, 0.29) is 17.8 Å². The molecule has 5 nitrogen and oxygen atoms in total. The van der Waals surface area contributed by atoms with Crippen LogP contribution in [0.4, 0.5) is 4.39 Å². The van der Waals surface area contributed by atoms with E-state index in [9.17, 15) is 9.18 Å². The molecule has 3 aromatic heterocycles. The molecule has 0 spiro atoms. The minimum absolute atomic E-state index is 0.0185. The molecule has 5 rings (SSSR count). The molecule has 0 N–H and O–H groups in total. The molecule has 1 aliphatic rings. The first-order valence-electron chi connectivity index (χ1n) is 9.84. The number of hydrogen-bond acceptors (Lipinski definition) is 2. The summed E-state index contributed by atoms with van der Waals surface area (Å²) in [5.74, 6) is 0.545. The highest BCUT2D eigenvalue weighted by Crippen LogP contribution is 2.24. The fourth-order valence-corrected chi connectivity index (χ4v) is 4.06. The first kappa shape index (κ1) is 17.7. The summed E-state index contributed by atoms with van der Waals surface area (Å²) in [6.45, 7) is 2.87. The van der Waals surface area contributed by atoms with Gasteiger partial charge >= 0.3 is 0 Å². The predicted octanol–water partition coefficient (Wildman–Crippen LogP) is 4.56. The Bertz CT molecular complexity index is 1210. The second kappa shape index (κ2) is 6.88. The smallest absolute Gasteiger partial charge is 0.274 e. The zero-order chi connectivity index (χ0) is 20.0. The SMILES string of the molecule is C[C@@H]1CCCN1C(=O)c1ccn(-c2ccc3ccc(-c4cccc(F)c4)cn23)n1. The van der Waals surface area contributed by atoms with Crippen molar-refractivity contribution in [2.45, 2.75) is 25.8 Å². The molecular weight excluding hydrogens is 367 g/mol. The third-order valence-corrected chi connectivity index (χ3v) is 5.64. The van der Waals surface area contributed by atoms with Crippen LogP contribution in [0.25, 0.3) is 22.5 Å². The van der Waals surface area contributed by atoms with E-state index >= 15 is 0 Å². The molecule has 0 aliphatic carbocycles. The second-order valence-electron chi connectivity index (χ2n) is 7.55. The number of carbonyl (C=O) groups is 1. The van der Waals surface area contributed by atoms with Crippen molar-refractivity contribution in [3.8, 4) is 16.9 Å². The lowest BCUT2D eigenvalue weighted by molar-refractivity contribution is 0.0741. The number of halogens is 1. The average Bonchev–Trinajstić information content (AvgIpc) is 3.46. The molecule has 6 heteroatoms. The van der Waals surface area contributed by atoms with E-state index in [1.165, 1.54) is 12.1 Å². The zero-order valence-electron chi connectivity index (χ0n) is 16.1. The number of amides is 1. The maximum Gasteiger partial charge on any atom is 0.274 e. The van der Waals surface area contributed by atoms with Crippen molar-refractivity contribution in [3.63, 3.8) is 0 Å². The van der Waals surface area contributed by atoms with Crippen molar-refractivity contribution in [1.29, 1.82) is 0 Å². The number of likely N-dealkylation sites (tertiary alicyclic amines) is 1. The summed E-state index contributed by atoms with van der Waals surface area (Å²) in [5, 5.41) is 4.54. The van der Waals surface area contributed by atoms with Gasteiger partial charge in [-0.25, -0.2) is 9.07 Å². The molecule has 0 radical (unpaired) electrons. The monoisotopic (exact) mass is 388 g/mol. The van der Waals surface area contributed by atoms with Crippen LogP contribution in [0.1, 0.15) is 30.3 Å². The highest BCUT2D eigenvalue weighted by molar-refractivity contribution is 5.92. The summed E-state index contributed by atoms with van der Waals surface area (Å²) in [6, 6.07) is 16.5. The van der Waals surface area contributed by atoms with Gasteiger partial charge in [0.05, 0.1) is 0 Å². The van der Waals surface area contributed by atoms with E-state index in [0.717, 1.165) is 41.8 Å². The summed E-state index contributed by atoms with van der Waals surface area (Å²) in [6.07, 6.45) is 5.86. The molecule has 29 heavy (non-hydrogen) atoms. The van der Waals surface area contributed by atoms with Gasteiger partial charge in [0.25, 0.3) is 5.91 Å². The summed E-state index contributed by atoms with van der Waals surface area (Å²) in [5.41, 5.74) is 3.17. The molecule has 146 valence electrons. The van der Waals surface area contributed by atoms with E-state index in [2.05, 4.69) is 12.0 Å². The molecule has 0 bridgehead atoms. The van der Waals surface area contributed by atoms with Crippen LogP contribution in [-0.2, 0) is 0 Å². The Balaban J connectivity index is 1.51. The minimum Gasteiger partial charge on any atom is -0.335 e. The standard InChI is InChI=1S/C23H21FN4O/c1-16-4-3-12-26(16)23(29)21-11-13-28(25-21)22-10-9-20-8-7-18(15-27(20)22)17-5-2-6-19(24)14-17/h2,5-11,13-16H,3-4,12H2,1H3/t16-/m1/s1. The van der Waals surface area contributed by atoms with Crippen LogP contribution in [0.15, 0.2) is 67.0 Å². The summed E-state index contributed by atoms with van der Waals surface area (Å²) >= 11 is 0. The Kier molecular flexibility index (Phi) is 4.19. The topological polar surface area (TPSA) is 42.5 Å². The fraction of sp³-hybridized carbons (Fsp3) is 0.217. The van der Waals surface area contributed by atoms with Crippen molar-refractivity contribution in [2.24, 2.45) is 0 Å². The molecule has 1 saturated heterocycles. The van der Waals surface area contributed by atoms with Crippen molar-refractivity contribution in [2.75, 3.05) is 6.54 Å². The van der Waals surface area contributed by atoms with Crippen molar-refractivity contribution in [1.82, 2.24) is 19.1 Å². The molecule has 1 atom stereocenters. The largest absolute Gasteiger partial charge is 0.335 e. The van der Waals surface area contributed by atoms with Crippen molar-refractivity contribution < 1.29 is 9.18 Å². The Morgan fingerprint density at radius 3 is 2.76 bits per heavy atom. The summed E-state index contributed by atoms with van der Waals surface area (Å²) < 4.78 is 17.3. The highest BCUT2D eigenvalue weighted by atomic mass is 19.1. The van der Waals surface area contributed by atoms with Gasteiger partial charge in [-0.15, -0.1) is 0 Å². The maximum atomic E-state index is 13.6. The number of rotatable bonds is 3. The first-order chi connectivity index (χ1) is 14.1. The van der Waals surface area contributed by atoms with Crippen LogP contribution in [0.3, 0.4) is 0 Å².